The second-order valence-corrected chi connectivity index (χ2v) is 8.44. The topological polar surface area (TPSA) is 105 Å². The van der Waals surface area contributed by atoms with Crippen LogP contribution in [0.15, 0.2) is 60.9 Å². The Morgan fingerprint density at radius 2 is 1.86 bits per heavy atom. The fraction of sp³-hybridized carbons (Fsp3) is 0.320. The number of ether oxygens (including phenoxy) is 1. The van der Waals surface area contributed by atoms with Crippen molar-refractivity contribution in [2.24, 2.45) is 0 Å². The Balaban J connectivity index is 1.58. The van der Waals surface area contributed by atoms with E-state index in [1.165, 1.54) is 6.92 Å². The van der Waals surface area contributed by atoms with Crippen molar-refractivity contribution in [3.05, 3.63) is 88.9 Å². The lowest BCUT2D eigenvalue weighted by Crippen LogP contribution is -2.52. The van der Waals surface area contributed by atoms with Crippen molar-refractivity contribution in [1.29, 1.82) is 0 Å². The molecule has 3 N–H and O–H groups in total. The lowest BCUT2D eigenvalue weighted by Gasteiger charge is -2.39. The Morgan fingerprint density at radius 1 is 1.11 bits per heavy atom. The third kappa shape index (κ3) is 5.84. The molecule has 1 aliphatic rings. The third-order valence-electron chi connectivity index (χ3n) is 5.82. The first kappa shape index (κ1) is 24.8. The Bertz CT molecular complexity index is 1190. The number of nitrogens with zero attached hydrogens (tertiary/aromatic N) is 2. The van der Waals surface area contributed by atoms with Crippen LogP contribution in [0.5, 0.6) is 0 Å². The molecule has 4 atom stereocenters. The average molecular weight is 487 g/mol. The van der Waals surface area contributed by atoms with Gasteiger partial charge in [0.05, 0.1) is 25.0 Å². The first-order valence-corrected chi connectivity index (χ1v) is 10.9. The van der Waals surface area contributed by atoms with Crippen LogP contribution in [0.25, 0.3) is 0 Å². The van der Waals surface area contributed by atoms with Crippen LogP contribution in [-0.4, -0.2) is 50.8 Å². The molecule has 0 bridgehead atoms. The van der Waals surface area contributed by atoms with Crippen molar-refractivity contribution in [2.75, 3.05) is 11.9 Å². The van der Waals surface area contributed by atoms with Gasteiger partial charge in [-0.3, -0.25) is 9.78 Å². The number of ketones is 1. The maximum Gasteiger partial charge on any atom is 0.434 e. The summed E-state index contributed by atoms with van der Waals surface area (Å²) in [5.41, 5.74) is 2.04. The van der Waals surface area contributed by atoms with E-state index in [0.717, 1.165) is 17.3 Å². The Morgan fingerprint density at radius 3 is 2.54 bits per heavy atom. The molecule has 1 aliphatic heterocycles. The van der Waals surface area contributed by atoms with Crippen LogP contribution >= 0.6 is 0 Å². The van der Waals surface area contributed by atoms with Gasteiger partial charge in [-0.2, -0.15) is 13.2 Å². The number of hydrogen-bond acceptors (Lipinski definition) is 7. The molecule has 4 rings (SSSR count). The molecule has 2 aromatic carbocycles. The van der Waals surface area contributed by atoms with Gasteiger partial charge >= 0.3 is 6.18 Å². The van der Waals surface area contributed by atoms with Crippen LogP contribution in [-0.2, 0) is 17.3 Å². The van der Waals surface area contributed by atoms with Crippen LogP contribution in [0.2, 0.25) is 0 Å². The van der Waals surface area contributed by atoms with Gasteiger partial charge < -0.3 is 20.3 Å². The third-order valence-corrected chi connectivity index (χ3v) is 5.82. The summed E-state index contributed by atoms with van der Waals surface area (Å²) in [5.74, 6) is -0.217. The molecule has 0 saturated carbocycles. The van der Waals surface area contributed by atoms with Gasteiger partial charge in [0, 0.05) is 5.56 Å². The fourth-order valence-electron chi connectivity index (χ4n) is 4.00. The van der Waals surface area contributed by atoms with Crippen molar-refractivity contribution in [1.82, 2.24) is 9.97 Å². The molecule has 3 aromatic rings. The summed E-state index contributed by atoms with van der Waals surface area (Å²) in [5, 5.41) is 23.5. The SMILES string of the molecule is CC(=O)c1ccc(Cc2cccc([C@H]3OC[C@H](O)[C@H](O)[C@H]3Nc3cncc(C(F)(F)F)n3)c2)cc1. The molecule has 2 heterocycles. The maximum atomic E-state index is 13.1. The van der Waals surface area contributed by atoms with Gasteiger partial charge in [-0.25, -0.2) is 4.98 Å². The van der Waals surface area contributed by atoms with E-state index in [9.17, 15) is 28.2 Å². The monoisotopic (exact) mass is 487 g/mol. The minimum atomic E-state index is -4.68. The number of rotatable bonds is 6. The van der Waals surface area contributed by atoms with Gasteiger partial charge in [0.25, 0.3) is 0 Å². The lowest BCUT2D eigenvalue weighted by atomic mass is 9.90. The number of carbonyl (C=O) groups excluding carboxylic acids is 1. The van der Waals surface area contributed by atoms with E-state index in [1.54, 1.807) is 18.2 Å². The number of nitrogens with one attached hydrogen (secondary N) is 1. The largest absolute Gasteiger partial charge is 0.434 e. The maximum absolute atomic E-state index is 13.1. The predicted molar refractivity (Wildman–Crippen MR) is 121 cm³/mol. The van der Waals surface area contributed by atoms with E-state index in [4.69, 9.17) is 4.74 Å². The molecular weight excluding hydrogens is 463 g/mol. The molecule has 1 fully saturated rings. The molecule has 0 amide bonds. The second-order valence-electron chi connectivity index (χ2n) is 8.44. The molecule has 0 aliphatic carbocycles. The van der Waals surface area contributed by atoms with Crippen molar-refractivity contribution in [3.63, 3.8) is 0 Å². The Kier molecular flexibility index (Phi) is 7.15. The van der Waals surface area contributed by atoms with E-state index < -0.39 is 36.2 Å². The molecule has 184 valence electrons. The van der Waals surface area contributed by atoms with E-state index >= 15 is 0 Å². The molecule has 35 heavy (non-hydrogen) atoms. The van der Waals surface area contributed by atoms with Gasteiger partial charge in [-0.15, -0.1) is 0 Å². The molecule has 0 spiro atoms. The molecule has 10 heteroatoms. The molecular formula is C25H24F3N3O4. The van der Waals surface area contributed by atoms with Gasteiger partial charge in [0.2, 0.25) is 0 Å². The van der Waals surface area contributed by atoms with Gasteiger partial charge in [-0.1, -0.05) is 48.5 Å². The summed E-state index contributed by atoms with van der Waals surface area (Å²) in [7, 11) is 0. The number of aliphatic hydroxyl groups is 2. The van der Waals surface area contributed by atoms with Crippen LogP contribution in [0.1, 0.15) is 45.8 Å². The lowest BCUT2D eigenvalue weighted by molar-refractivity contribution is -0.141. The number of Topliss-reactive ketones (excluding diaryl/α,β-unsaturated/α-hetero) is 1. The summed E-state index contributed by atoms with van der Waals surface area (Å²) < 4.78 is 44.9. The van der Waals surface area contributed by atoms with Crippen LogP contribution in [0, 0.1) is 0 Å². The summed E-state index contributed by atoms with van der Waals surface area (Å²) in [6.45, 7) is 1.36. The number of aliphatic hydroxyl groups excluding tert-OH is 2. The van der Waals surface area contributed by atoms with Crippen LogP contribution in [0.4, 0.5) is 19.0 Å². The first-order chi connectivity index (χ1) is 16.6. The van der Waals surface area contributed by atoms with Gasteiger partial charge in [0.1, 0.15) is 24.1 Å². The Hall–Kier alpha value is -3.34. The zero-order chi connectivity index (χ0) is 25.2. The summed E-state index contributed by atoms with van der Waals surface area (Å²) in [4.78, 5) is 18.6. The summed E-state index contributed by atoms with van der Waals surface area (Å²) in [6, 6.07) is 13.7. The van der Waals surface area contributed by atoms with Crippen LogP contribution < -0.4 is 5.32 Å². The standard InChI is InChI=1S/C25H24F3N3O4/c1-14(32)17-7-5-15(6-8-17)9-16-3-2-4-18(10-16)24-22(23(34)19(33)13-35-24)31-21-12-29-11-20(30-21)25(26,27)28/h2-8,10-12,19,22-24,33-34H,9,13H2,1H3,(H,30,31)/t19-,22+,23-,24+/m0/s1. The molecule has 7 nitrogen and oxygen atoms in total. The molecule has 1 aromatic heterocycles. The number of hydrogen-bond donors (Lipinski definition) is 3. The number of benzene rings is 2. The zero-order valence-corrected chi connectivity index (χ0v) is 18.7. The van der Waals surface area contributed by atoms with Gasteiger partial charge in [0.15, 0.2) is 11.5 Å². The minimum Gasteiger partial charge on any atom is -0.388 e. The second kappa shape index (κ2) is 10.1. The van der Waals surface area contributed by atoms with Crippen LogP contribution in [0.3, 0.4) is 0 Å². The highest BCUT2D eigenvalue weighted by Gasteiger charge is 2.40. The normalized spacial score (nSPS) is 22.6. The van der Waals surface area contributed by atoms with Crippen molar-refractivity contribution in [2.45, 2.75) is 43.9 Å². The first-order valence-electron chi connectivity index (χ1n) is 10.9. The van der Waals surface area contributed by atoms with E-state index in [0.29, 0.717) is 23.7 Å². The number of halogens is 3. The highest BCUT2D eigenvalue weighted by atomic mass is 19.4. The van der Waals surface area contributed by atoms with E-state index in [1.807, 2.05) is 30.3 Å². The molecule has 0 unspecified atom stereocenters. The predicted octanol–water partition coefficient (Wildman–Crippen LogP) is 3.56. The number of carbonyl (C=O) groups is 1. The Labute approximate surface area is 199 Å². The fourth-order valence-corrected chi connectivity index (χ4v) is 4.00. The zero-order valence-electron chi connectivity index (χ0n) is 18.7. The summed E-state index contributed by atoms with van der Waals surface area (Å²) in [6.07, 6.45) is -5.72. The highest BCUT2D eigenvalue weighted by Crippen LogP contribution is 2.33. The number of anilines is 1. The van der Waals surface area contributed by atoms with Crippen molar-refractivity contribution in [3.8, 4) is 0 Å². The van der Waals surface area contributed by atoms with Crippen molar-refractivity contribution >= 4 is 11.6 Å². The number of aromatic nitrogens is 2. The smallest absolute Gasteiger partial charge is 0.388 e. The van der Waals surface area contributed by atoms with E-state index in [2.05, 4.69) is 15.3 Å². The quantitative estimate of drug-likeness (QED) is 0.457. The molecule has 0 radical (unpaired) electrons. The summed E-state index contributed by atoms with van der Waals surface area (Å²) >= 11 is 0. The average Bonchev–Trinajstić information content (AvgIpc) is 2.82. The number of alkyl halides is 3. The minimum absolute atomic E-state index is 0.0160. The molecule has 1 saturated heterocycles. The van der Waals surface area contributed by atoms with Gasteiger partial charge in [-0.05, 0) is 30.0 Å². The van der Waals surface area contributed by atoms with Crippen molar-refractivity contribution < 1.29 is 32.9 Å². The highest BCUT2D eigenvalue weighted by molar-refractivity contribution is 5.94. The van der Waals surface area contributed by atoms with E-state index in [-0.39, 0.29) is 18.2 Å².